The number of anilines is 1. The molecule has 2 rings (SSSR count). The van der Waals surface area contributed by atoms with Gasteiger partial charge in [-0.2, -0.15) is 12.6 Å². The highest BCUT2D eigenvalue weighted by atomic mass is 32.1. The number of hydrogen-bond donors (Lipinski definition) is 2. The van der Waals surface area contributed by atoms with E-state index in [0.717, 1.165) is 4.90 Å². The quantitative estimate of drug-likeness (QED) is 0.426. The molecule has 0 fully saturated rings. The van der Waals surface area contributed by atoms with Crippen LogP contribution in [0, 0.1) is 17.0 Å². The van der Waals surface area contributed by atoms with Gasteiger partial charge < -0.3 is 9.84 Å². The van der Waals surface area contributed by atoms with Crippen LogP contribution in [0.15, 0.2) is 48.5 Å². The molecular weight excluding hydrogens is 372 g/mol. The molecule has 1 atom stereocenters. The van der Waals surface area contributed by atoms with Crippen LogP contribution in [0.25, 0.3) is 0 Å². The molecule has 1 amide bonds. The Kier molecular flexibility index (Phi) is 6.78. The van der Waals surface area contributed by atoms with E-state index in [1.807, 2.05) is 0 Å². The van der Waals surface area contributed by atoms with Gasteiger partial charge in [-0.25, -0.2) is 9.59 Å². The zero-order valence-electron chi connectivity index (χ0n) is 14.4. The summed E-state index contributed by atoms with van der Waals surface area (Å²) < 4.78 is 5.22. The van der Waals surface area contributed by atoms with Crippen molar-refractivity contribution in [2.45, 2.75) is 19.6 Å². The highest BCUT2D eigenvalue weighted by Crippen LogP contribution is 2.32. The first kappa shape index (κ1) is 20.2. The number of nitro groups is 1. The summed E-state index contributed by atoms with van der Waals surface area (Å²) in [6, 6.07) is 11.5. The summed E-state index contributed by atoms with van der Waals surface area (Å²) in [5.74, 6) is -1.60. The summed E-state index contributed by atoms with van der Waals surface area (Å²) in [7, 11) is 0. The normalized spacial score (nSPS) is 11.5. The van der Waals surface area contributed by atoms with E-state index in [4.69, 9.17) is 4.74 Å². The molecule has 0 aromatic heterocycles. The summed E-state index contributed by atoms with van der Waals surface area (Å²) in [6.45, 7) is 1.58. The number of carboxylic acids is 1. The molecule has 0 radical (unpaired) electrons. The van der Waals surface area contributed by atoms with Gasteiger partial charge in [-0.1, -0.05) is 36.4 Å². The Balaban J connectivity index is 2.43. The van der Waals surface area contributed by atoms with Crippen LogP contribution in [0.5, 0.6) is 0 Å². The minimum atomic E-state index is -1.43. The first-order valence-electron chi connectivity index (χ1n) is 7.93. The van der Waals surface area contributed by atoms with Crippen LogP contribution in [-0.2, 0) is 16.1 Å². The van der Waals surface area contributed by atoms with E-state index in [1.165, 1.54) is 18.2 Å². The number of carbonyl (C=O) groups excluding carboxylic acids is 1. The van der Waals surface area contributed by atoms with Crippen molar-refractivity contribution in [1.29, 1.82) is 0 Å². The molecule has 0 aliphatic carbocycles. The SMILES string of the molecule is Cc1ccc([N+](=O)[O-])c(N(C(=O)OCc2ccccc2)[C@@H](CS)C(=O)O)c1. The minimum Gasteiger partial charge on any atom is -0.480 e. The second-order valence-electron chi connectivity index (χ2n) is 5.70. The number of nitrogens with zero attached hydrogens (tertiary/aromatic N) is 2. The van der Waals surface area contributed by atoms with Crippen LogP contribution >= 0.6 is 12.6 Å². The van der Waals surface area contributed by atoms with Crippen molar-refractivity contribution in [3.05, 3.63) is 69.8 Å². The van der Waals surface area contributed by atoms with Crippen molar-refractivity contribution >= 4 is 36.1 Å². The Labute approximate surface area is 160 Å². The van der Waals surface area contributed by atoms with Crippen LogP contribution in [0.1, 0.15) is 11.1 Å². The van der Waals surface area contributed by atoms with E-state index in [-0.39, 0.29) is 18.0 Å². The van der Waals surface area contributed by atoms with Gasteiger partial charge in [0.25, 0.3) is 5.69 Å². The zero-order valence-corrected chi connectivity index (χ0v) is 15.3. The molecule has 9 heteroatoms. The number of aliphatic carboxylic acids is 1. The third-order valence-electron chi connectivity index (χ3n) is 3.76. The molecule has 0 saturated carbocycles. The van der Waals surface area contributed by atoms with Gasteiger partial charge in [-0.3, -0.25) is 15.0 Å². The maximum atomic E-state index is 12.7. The smallest absolute Gasteiger partial charge is 0.415 e. The molecule has 142 valence electrons. The van der Waals surface area contributed by atoms with Gasteiger partial charge in [0, 0.05) is 11.8 Å². The molecule has 0 saturated heterocycles. The van der Waals surface area contributed by atoms with Gasteiger partial charge in [0.05, 0.1) is 4.92 Å². The summed E-state index contributed by atoms with van der Waals surface area (Å²) in [5.41, 5.74) is 0.770. The predicted molar refractivity (Wildman–Crippen MR) is 102 cm³/mol. The lowest BCUT2D eigenvalue weighted by Crippen LogP contribution is -2.47. The van der Waals surface area contributed by atoms with Crippen molar-refractivity contribution in [2.24, 2.45) is 0 Å². The largest absolute Gasteiger partial charge is 0.480 e. The van der Waals surface area contributed by atoms with Crippen LogP contribution in [-0.4, -0.2) is 33.9 Å². The number of amides is 1. The molecule has 27 heavy (non-hydrogen) atoms. The van der Waals surface area contributed by atoms with Crippen molar-refractivity contribution in [2.75, 3.05) is 10.7 Å². The van der Waals surface area contributed by atoms with Gasteiger partial charge in [-0.15, -0.1) is 0 Å². The average Bonchev–Trinajstić information content (AvgIpc) is 2.64. The first-order chi connectivity index (χ1) is 12.8. The molecule has 8 nitrogen and oxygen atoms in total. The van der Waals surface area contributed by atoms with Crippen molar-refractivity contribution in [1.82, 2.24) is 0 Å². The Morgan fingerprint density at radius 3 is 2.48 bits per heavy atom. The van der Waals surface area contributed by atoms with Crippen LogP contribution in [0.2, 0.25) is 0 Å². The van der Waals surface area contributed by atoms with E-state index in [0.29, 0.717) is 11.1 Å². The number of thiol groups is 1. The molecule has 2 aromatic carbocycles. The third-order valence-corrected chi connectivity index (χ3v) is 4.10. The van der Waals surface area contributed by atoms with E-state index < -0.39 is 28.7 Å². The number of aryl methyl sites for hydroxylation is 1. The number of hydrogen-bond acceptors (Lipinski definition) is 6. The average molecular weight is 390 g/mol. The molecule has 0 aliphatic heterocycles. The van der Waals surface area contributed by atoms with Crippen molar-refractivity contribution in [3.63, 3.8) is 0 Å². The van der Waals surface area contributed by atoms with E-state index >= 15 is 0 Å². The lowest BCUT2D eigenvalue weighted by Gasteiger charge is -2.27. The maximum absolute atomic E-state index is 12.7. The Morgan fingerprint density at radius 2 is 1.93 bits per heavy atom. The standard InChI is InChI=1S/C18H18N2O6S/c1-12-7-8-14(20(24)25)15(9-12)19(16(11-27)17(21)22)18(23)26-10-13-5-3-2-4-6-13/h2-9,16,27H,10-11H2,1H3,(H,21,22)/t16-/m0/s1. The summed E-state index contributed by atoms with van der Waals surface area (Å²) in [5, 5.41) is 20.9. The second kappa shape index (κ2) is 9.04. The summed E-state index contributed by atoms with van der Waals surface area (Å²) in [6.07, 6.45) is -1.01. The highest BCUT2D eigenvalue weighted by Gasteiger charge is 2.35. The number of nitro benzene ring substituents is 1. The molecule has 0 heterocycles. The number of carbonyl (C=O) groups is 2. The zero-order chi connectivity index (χ0) is 20.0. The molecule has 1 N–H and O–H groups in total. The van der Waals surface area contributed by atoms with Crippen molar-refractivity contribution in [3.8, 4) is 0 Å². The Morgan fingerprint density at radius 1 is 1.26 bits per heavy atom. The van der Waals surface area contributed by atoms with Gasteiger partial charge in [-0.05, 0) is 24.1 Å². The fourth-order valence-corrected chi connectivity index (χ4v) is 2.75. The molecule has 2 aromatic rings. The lowest BCUT2D eigenvalue weighted by atomic mass is 10.1. The van der Waals surface area contributed by atoms with Crippen LogP contribution in [0.3, 0.4) is 0 Å². The van der Waals surface area contributed by atoms with Gasteiger partial charge in [0.1, 0.15) is 18.3 Å². The topological polar surface area (TPSA) is 110 Å². The molecule has 0 spiro atoms. The van der Waals surface area contributed by atoms with Crippen LogP contribution in [0.4, 0.5) is 16.2 Å². The number of carboxylic acid groups (broad SMARTS) is 1. The maximum Gasteiger partial charge on any atom is 0.415 e. The third kappa shape index (κ3) is 4.98. The molecule has 0 aliphatic rings. The van der Waals surface area contributed by atoms with Gasteiger partial charge in [0.2, 0.25) is 0 Å². The van der Waals surface area contributed by atoms with E-state index in [2.05, 4.69) is 12.6 Å². The monoisotopic (exact) mass is 390 g/mol. The summed E-state index contributed by atoms with van der Waals surface area (Å²) in [4.78, 5) is 35.8. The number of benzene rings is 2. The van der Waals surface area contributed by atoms with E-state index in [9.17, 15) is 24.8 Å². The van der Waals surface area contributed by atoms with Crippen LogP contribution < -0.4 is 4.90 Å². The predicted octanol–water partition coefficient (Wildman–Crippen LogP) is 3.43. The highest BCUT2D eigenvalue weighted by molar-refractivity contribution is 7.80. The lowest BCUT2D eigenvalue weighted by molar-refractivity contribution is -0.384. The number of ether oxygens (including phenoxy) is 1. The van der Waals surface area contributed by atoms with E-state index in [1.54, 1.807) is 37.3 Å². The number of rotatable bonds is 7. The van der Waals surface area contributed by atoms with Crippen molar-refractivity contribution < 1.29 is 24.4 Å². The van der Waals surface area contributed by atoms with Gasteiger partial charge >= 0.3 is 12.1 Å². The fraction of sp³-hybridized carbons (Fsp3) is 0.222. The molecular formula is C18H18N2O6S. The Hall–Kier alpha value is -3.07. The molecule has 0 unspecified atom stereocenters. The summed E-state index contributed by atoms with van der Waals surface area (Å²) >= 11 is 3.99. The molecule has 0 bridgehead atoms. The fourth-order valence-electron chi connectivity index (χ4n) is 2.43. The first-order valence-corrected chi connectivity index (χ1v) is 8.57. The van der Waals surface area contributed by atoms with Gasteiger partial charge in [0.15, 0.2) is 0 Å². The second-order valence-corrected chi connectivity index (χ2v) is 6.06. The minimum absolute atomic E-state index is 0.102. The Bertz CT molecular complexity index is 843.